The van der Waals surface area contributed by atoms with Gasteiger partial charge >= 0.3 is 6.09 Å². The minimum Gasteiger partial charge on any atom is -0.785 e. The molecule has 1 heterocycles. The molecule has 1 aliphatic rings. The summed E-state index contributed by atoms with van der Waals surface area (Å²) in [4.78, 5) is 11.2. The van der Waals surface area contributed by atoms with Crippen molar-refractivity contribution in [1.29, 1.82) is 0 Å². The third kappa shape index (κ3) is 3.96. The molecule has 94 valence electrons. The molecule has 0 spiro atoms. The summed E-state index contributed by atoms with van der Waals surface area (Å²) >= 11 is 0. The second kappa shape index (κ2) is 4.99. The molecule has 0 saturated carbocycles. The first kappa shape index (κ1) is 13.2. The Morgan fingerprint density at radius 2 is 2.19 bits per heavy atom. The first-order valence-electron chi connectivity index (χ1n) is 5.32. The van der Waals surface area contributed by atoms with Crippen molar-refractivity contribution >= 4 is 6.09 Å². The van der Waals surface area contributed by atoms with Crippen LogP contribution in [0.5, 0.6) is 0 Å². The van der Waals surface area contributed by atoms with Crippen LogP contribution in [0.3, 0.4) is 0 Å². The Morgan fingerprint density at radius 1 is 1.56 bits per heavy atom. The molecule has 2 atom stereocenters. The number of ether oxygens (including phenoxy) is 2. The van der Waals surface area contributed by atoms with E-state index in [2.05, 4.69) is 5.32 Å². The van der Waals surface area contributed by atoms with E-state index in [-0.39, 0.29) is 18.9 Å². The van der Waals surface area contributed by atoms with E-state index in [0.717, 1.165) is 5.06 Å². The van der Waals surface area contributed by atoms with Crippen molar-refractivity contribution < 1.29 is 14.3 Å². The molecule has 0 bridgehead atoms. The van der Waals surface area contributed by atoms with Gasteiger partial charge in [-0.1, -0.05) is 0 Å². The number of hydroxylamine groups is 2. The van der Waals surface area contributed by atoms with Gasteiger partial charge in [-0.3, -0.25) is 5.32 Å². The Kier molecular flexibility index (Phi) is 4.12. The van der Waals surface area contributed by atoms with Crippen molar-refractivity contribution in [2.24, 2.45) is 0 Å². The number of nitrogens with one attached hydrogen (secondary N) is 1. The smallest absolute Gasteiger partial charge is 0.409 e. The molecule has 1 amide bonds. The molecule has 0 aromatic rings. The molecule has 1 N–H and O–H groups in total. The topological polar surface area (TPSA) is 73.9 Å². The Labute approximate surface area is 95.5 Å². The van der Waals surface area contributed by atoms with E-state index in [1.54, 1.807) is 27.7 Å². The van der Waals surface area contributed by atoms with E-state index in [1.165, 1.54) is 0 Å². The van der Waals surface area contributed by atoms with Crippen molar-refractivity contribution in [1.82, 2.24) is 10.4 Å². The van der Waals surface area contributed by atoms with Crippen LogP contribution in [0.4, 0.5) is 4.79 Å². The number of hydrogen-bond acceptors (Lipinski definition) is 5. The van der Waals surface area contributed by atoms with Crippen LogP contribution in [0, 0.1) is 5.21 Å². The molecule has 1 fully saturated rings. The normalized spacial score (nSPS) is 26.1. The summed E-state index contributed by atoms with van der Waals surface area (Å²) in [6, 6.07) is -0.138. The number of rotatable bonds is 3. The molecule has 16 heavy (non-hydrogen) atoms. The van der Waals surface area contributed by atoms with Crippen molar-refractivity contribution in [3.8, 4) is 0 Å². The van der Waals surface area contributed by atoms with Crippen LogP contribution < -0.4 is 5.32 Å². The molecule has 1 unspecified atom stereocenters. The van der Waals surface area contributed by atoms with Gasteiger partial charge < -0.3 is 19.7 Å². The van der Waals surface area contributed by atoms with Gasteiger partial charge in [-0.05, 0) is 27.7 Å². The first-order valence-corrected chi connectivity index (χ1v) is 5.32. The predicted octanol–water partition coefficient (Wildman–Crippen LogP) is 1.06. The van der Waals surface area contributed by atoms with E-state index < -0.39 is 11.7 Å². The average Bonchev–Trinajstić information content (AvgIpc) is 2.13. The van der Waals surface area contributed by atoms with Crippen molar-refractivity contribution in [2.75, 3.05) is 13.3 Å². The predicted molar refractivity (Wildman–Crippen MR) is 58.6 cm³/mol. The van der Waals surface area contributed by atoms with Crippen molar-refractivity contribution in [3.05, 3.63) is 5.21 Å². The maximum Gasteiger partial charge on any atom is 0.409 e. The first-order chi connectivity index (χ1) is 7.29. The zero-order chi connectivity index (χ0) is 12.3. The molecule has 0 aromatic carbocycles. The highest BCUT2D eigenvalue weighted by atomic mass is 16.6. The van der Waals surface area contributed by atoms with Crippen LogP contribution in [0.25, 0.3) is 0 Å². The summed E-state index contributed by atoms with van der Waals surface area (Å²) in [5, 5.41) is 14.3. The molecule has 0 aliphatic carbocycles. The molecule has 1 rings (SSSR count). The highest BCUT2D eigenvalue weighted by molar-refractivity contribution is 5.67. The lowest BCUT2D eigenvalue weighted by atomic mass is 10.1. The Bertz CT molecular complexity index is 252. The third-order valence-electron chi connectivity index (χ3n) is 2.26. The highest BCUT2D eigenvalue weighted by Gasteiger charge is 2.29. The highest BCUT2D eigenvalue weighted by Crippen LogP contribution is 2.18. The number of carbonyl (C=O) groups is 1. The maximum atomic E-state index is 11.2. The van der Waals surface area contributed by atoms with E-state index in [9.17, 15) is 10.0 Å². The molecule has 1 aliphatic heterocycles. The molecule has 6 nitrogen and oxygen atoms in total. The lowest BCUT2D eigenvalue weighted by Crippen LogP contribution is -2.57. The van der Waals surface area contributed by atoms with Gasteiger partial charge in [0, 0.05) is 12.6 Å². The van der Waals surface area contributed by atoms with Crippen molar-refractivity contribution in [3.63, 3.8) is 0 Å². The van der Waals surface area contributed by atoms with Crippen molar-refractivity contribution in [2.45, 2.75) is 45.4 Å². The fourth-order valence-electron chi connectivity index (χ4n) is 1.26. The number of nitrogens with zero attached hydrogens (tertiary/aromatic N) is 1. The van der Waals surface area contributed by atoms with Crippen LogP contribution in [0.15, 0.2) is 0 Å². The van der Waals surface area contributed by atoms with Gasteiger partial charge in [-0.2, -0.15) is 0 Å². The zero-order valence-corrected chi connectivity index (χ0v) is 10.1. The lowest BCUT2D eigenvalue weighted by Gasteiger charge is -2.50. The van der Waals surface area contributed by atoms with E-state index >= 15 is 0 Å². The Balaban J connectivity index is 2.10. The number of carbonyl (C=O) groups excluding carboxylic acids is 1. The van der Waals surface area contributed by atoms with Crippen LogP contribution in [-0.4, -0.2) is 42.2 Å². The van der Waals surface area contributed by atoms with Crippen LogP contribution in [-0.2, 0) is 9.47 Å². The fraction of sp³-hybridized carbons (Fsp3) is 0.900. The summed E-state index contributed by atoms with van der Waals surface area (Å²) in [5.41, 5.74) is -0.514. The fourth-order valence-corrected chi connectivity index (χ4v) is 1.26. The van der Waals surface area contributed by atoms with Crippen LogP contribution in [0.1, 0.15) is 27.7 Å². The number of hydrogen-bond donors (Lipinski definition) is 1. The van der Waals surface area contributed by atoms with Gasteiger partial charge in [0.25, 0.3) is 0 Å². The molecule has 0 radical (unpaired) electrons. The number of alkyl carbamates (subject to hydrolysis) is 1. The van der Waals surface area contributed by atoms with Gasteiger partial charge in [0.05, 0.1) is 6.10 Å². The van der Waals surface area contributed by atoms with E-state index in [1.807, 2.05) is 0 Å². The summed E-state index contributed by atoms with van der Waals surface area (Å²) in [7, 11) is 0. The lowest BCUT2D eigenvalue weighted by molar-refractivity contribution is -0.0806. The molecular weight excluding hydrogens is 212 g/mol. The van der Waals surface area contributed by atoms with Gasteiger partial charge in [0.2, 0.25) is 0 Å². The number of amides is 1. The largest absolute Gasteiger partial charge is 0.785 e. The minimum absolute atomic E-state index is 0.0672. The summed E-state index contributed by atoms with van der Waals surface area (Å²) < 4.78 is 10.3. The Morgan fingerprint density at radius 3 is 2.62 bits per heavy atom. The standard InChI is InChI=1S/C10H19N2O4/c1-7-8(5-12(7)14)15-6-11-9(13)16-10(2,3)4/h7-8H,5-6H2,1-4H3,(H,11,13)/q-1/t7?,8-/m0/s1. The van der Waals surface area contributed by atoms with E-state index in [4.69, 9.17) is 9.47 Å². The zero-order valence-electron chi connectivity index (χ0n) is 10.1. The Hall–Kier alpha value is -0.850. The summed E-state index contributed by atoms with van der Waals surface area (Å²) in [6.07, 6.45) is -0.620. The SMILES string of the molecule is CC1[C@@H](OCNC(=O)OC(C)(C)C)CN1[O-]. The quantitative estimate of drug-likeness (QED) is 0.735. The van der Waals surface area contributed by atoms with Crippen LogP contribution >= 0.6 is 0 Å². The summed E-state index contributed by atoms with van der Waals surface area (Å²) in [6.45, 7) is 7.58. The van der Waals surface area contributed by atoms with Gasteiger partial charge in [-0.25, -0.2) is 4.79 Å². The molecule has 0 aromatic heterocycles. The van der Waals surface area contributed by atoms with Crippen LogP contribution in [0.2, 0.25) is 0 Å². The molecule has 1 saturated heterocycles. The van der Waals surface area contributed by atoms with Gasteiger partial charge in [0.15, 0.2) is 0 Å². The second-order valence-electron chi connectivity index (χ2n) is 4.87. The van der Waals surface area contributed by atoms with E-state index in [0.29, 0.717) is 6.54 Å². The monoisotopic (exact) mass is 231 g/mol. The molecular formula is C10H19N2O4-. The molecule has 6 heteroatoms. The summed E-state index contributed by atoms with van der Waals surface area (Å²) in [5.74, 6) is 0. The van der Waals surface area contributed by atoms with Gasteiger partial charge in [0.1, 0.15) is 12.3 Å². The average molecular weight is 231 g/mol. The maximum absolute atomic E-state index is 11.2. The van der Waals surface area contributed by atoms with Gasteiger partial charge in [-0.15, -0.1) is 0 Å². The second-order valence-corrected chi connectivity index (χ2v) is 4.87. The third-order valence-corrected chi connectivity index (χ3v) is 2.26. The minimum atomic E-state index is -0.515.